The zero-order valence-corrected chi connectivity index (χ0v) is 12.4. The van der Waals surface area contributed by atoms with Gasteiger partial charge in [-0.25, -0.2) is 9.97 Å². The molecule has 1 aromatic carbocycles. The minimum absolute atomic E-state index is 0.826. The molecule has 1 heterocycles. The Morgan fingerprint density at radius 2 is 1.94 bits per heavy atom. The van der Waals surface area contributed by atoms with Crippen LogP contribution in [0.3, 0.4) is 0 Å². The van der Waals surface area contributed by atoms with E-state index in [1.807, 2.05) is 32.2 Å². The summed E-state index contributed by atoms with van der Waals surface area (Å²) in [7, 11) is 1.89. The molecular weight excluding hydrogens is 290 g/mol. The van der Waals surface area contributed by atoms with E-state index in [4.69, 9.17) is 0 Å². The molecule has 1 N–H and O–H groups in total. The summed E-state index contributed by atoms with van der Waals surface area (Å²) in [5.74, 6) is 1.75. The number of hydrogen-bond donors (Lipinski definition) is 1. The van der Waals surface area contributed by atoms with Crippen LogP contribution in [0.15, 0.2) is 28.7 Å². The van der Waals surface area contributed by atoms with Crippen LogP contribution in [0.4, 0.5) is 5.82 Å². The summed E-state index contributed by atoms with van der Waals surface area (Å²) in [5, 5.41) is 3.13. The van der Waals surface area contributed by atoms with E-state index in [0.717, 1.165) is 39.4 Å². The standard InChI is InChI=1S/C14H16BrN3/c1-4-12-17-13(9(2)14(16-3)18-12)10-7-5-6-8-11(10)15/h5-8H,4H2,1-3H3,(H,16,17,18). The molecule has 0 unspecified atom stereocenters. The number of nitrogens with one attached hydrogen (secondary N) is 1. The van der Waals surface area contributed by atoms with E-state index in [0.29, 0.717) is 0 Å². The Bertz CT molecular complexity index is 567. The summed E-state index contributed by atoms with van der Waals surface area (Å²) in [6, 6.07) is 8.12. The topological polar surface area (TPSA) is 37.8 Å². The number of aryl methyl sites for hydroxylation is 1. The number of anilines is 1. The van der Waals surface area contributed by atoms with Gasteiger partial charge in [0.15, 0.2) is 0 Å². The minimum atomic E-state index is 0.826. The van der Waals surface area contributed by atoms with Gasteiger partial charge in [0.2, 0.25) is 0 Å². The highest BCUT2D eigenvalue weighted by molar-refractivity contribution is 9.10. The SMILES string of the molecule is CCc1nc(NC)c(C)c(-c2ccccc2Br)n1. The van der Waals surface area contributed by atoms with Crippen LogP contribution in [0.1, 0.15) is 18.3 Å². The normalized spacial score (nSPS) is 10.4. The third kappa shape index (κ3) is 2.38. The van der Waals surface area contributed by atoms with Crippen LogP contribution in [0.5, 0.6) is 0 Å². The second kappa shape index (κ2) is 5.48. The van der Waals surface area contributed by atoms with Crippen molar-refractivity contribution in [3.05, 3.63) is 40.1 Å². The smallest absolute Gasteiger partial charge is 0.132 e. The van der Waals surface area contributed by atoms with Gasteiger partial charge in [-0.1, -0.05) is 41.1 Å². The Kier molecular flexibility index (Phi) is 3.97. The molecular formula is C14H16BrN3. The van der Waals surface area contributed by atoms with Crippen LogP contribution < -0.4 is 5.32 Å². The van der Waals surface area contributed by atoms with E-state index in [1.54, 1.807) is 0 Å². The van der Waals surface area contributed by atoms with Crippen LogP contribution in [-0.4, -0.2) is 17.0 Å². The van der Waals surface area contributed by atoms with E-state index in [-0.39, 0.29) is 0 Å². The Hall–Kier alpha value is -1.42. The van der Waals surface area contributed by atoms with Gasteiger partial charge < -0.3 is 5.32 Å². The summed E-state index contributed by atoms with van der Waals surface area (Å²) in [5.41, 5.74) is 3.16. The molecule has 0 aliphatic rings. The summed E-state index contributed by atoms with van der Waals surface area (Å²) in [6.07, 6.45) is 0.826. The van der Waals surface area contributed by atoms with Gasteiger partial charge in [0.05, 0.1) is 5.69 Å². The van der Waals surface area contributed by atoms with E-state index >= 15 is 0 Å². The van der Waals surface area contributed by atoms with E-state index in [1.165, 1.54) is 0 Å². The first kappa shape index (κ1) is 13.0. The van der Waals surface area contributed by atoms with Gasteiger partial charge in [0.1, 0.15) is 11.6 Å². The quantitative estimate of drug-likeness (QED) is 0.937. The van der Waals surface area contributed by atoms with Crippen molar-refractivity contribution < 1.29 is 0 Å². The van der Waals surface area contributed by atoms with Gasteiger partial charge in [-0.05, 0) is 13.0 Å². The molecule has 94 valence electrons. The molecule has 0 radical (unpaired) electrons. The molecule has 18 heavy (non-hydrogen) atoms. The van der Waals surface area contributed by atoms with Crippen LogP contribution in [0.2, 0.25) is 0 Å². The van der Waals surface area contributed by atoms with Crippen molar-refractivity contribution in [1.29, 1.82) is 0 Å². The summed E-state index contributed by atoms with van der Waals surface area (Å²) < 4.78 is 1.05. The number of rotatable bonds is 3. The Morgan fingerprint density at radius 3 is 2.56 bits per heavy atom. The molecule has 0 fully saturated rings. The Morgan fingerprint density at radius 1 is 1.22 bits per heavy atom. The predicted molar refractivity (Wildman–Crippen MR) is 78.8 cm³/mol. The van der Waals surface area contributed by atoms with Gasteiger partial charge in [-0.3, -0.25) is 0 Å². The highest BCUT2D eigenvalue weighted by Crippen LogP contribution is 2.31. The van der Waals surface area contributed by atoms with Gasteiger partial charge in [-0.15, -0.1) is 0 Å². The maximum absolute atomic E-state index is 4.65. The zero-order valence-electron chi connectivity index (χ0n) is 10.8. The van der Waals surface area contributed by atoms with Crippen molar-refractivity contribution in [1.82, 2.24) is 9.97 Å². The molecule has 0 amide bonds. The van der Waals surface area contributed by atoms with Crippen molar-refractivity contribution in [3.63, 3.8) is 0 Å². The molecule has 3 nitrogen and oxygen atoms in total. The fourth-order valence-corrected chi connectivity index (χ4v) is 2.35. The van der Waals surface area contributed by atoms with Crippen molar-refractivity contribution >= 4 is 21.7 Å². The van der Waals surface area contributed by atoms with E-state index < -0.39 is 0 Å². The van der Waals surface area contributed by atoms with Crippen LogP contribution in [-0.2, 0) is 6.42 Å². The lowest BCUT2D eigenvalue weighted by Crippen LogP contribution is -2.04. The molecule has 0 saturated carbocycles. The van der Waals surface area contributed by atoms with Crippen molar-refractivity contribution in [3.8, 4) is 11.3 Å². The highest BCUT2D eigenvalue weighted by Gasteiger charge is 2.12. The third-order valence-electron chi connectivity index (χ3n) is 2.87. The maximum atomic E-state index is 4.65. The second-order valence-corrected chi connectivity index (χ2v) is 4.90. The van der Waals surface area contributed by atoms with E-state index in [2.05, 4.69) is 44.2 Å². The number of hydrogen-bond acceptors (Lipinski definition) is 3. The van der Waals surface area contributed by atoms with Gasteiger partial charge in [-0.2, -0.15) is 0 Å². The number of halogens is 1. The predicted octanol–water partition coefficient (Wildman–Crippen LogP) is 3.82. The van der Waals surface area contributed by atoms with Gasteiger partial charge in [0, 0.05) is 29.1 Å². The number of aromatic nitrogens is 2. The first-order valence-corrected chi connectivity index (χ1v) is 6.76. The van der Waals surface area contributed by atoms with Crippen molar-refractivity contribution in [2.45, 2.75) is 20.3 Å². The molecule has 0 bridgehead atoms. The molecule has 4 heteroatoms. The lowest BCUT2D eigenvalue weighted by atomic mass is 10.1. The fourth-order valence-electron chi connectivity index (χ4n) is 1.88. The Labute approximate surface area is 116 Å². The monoisotopic (exact) mass is 305 g/mol. The largest absolute Gasteiger partial charge is 0.373 e. The molecule has 0 aliphatic carbocycles. The van der Waals surface area contributed by atoms with Gasteiger partial charge in [0.25, 0.3) is 0 Å². The highest BCUT2D eigenvalue weighted by atomic mass is 79.9. The van der Waals surface area contributed by atoms with Crippen LogP contribution >= 0.6 is 15.9 Å². The lowest BCUT2D eigenvalue weighted by molar-refractivity contribution is 0.935. The van der Waals surface area contributed by atoms with E-state index in [9.17, 15) is 0 Å². The molecule has 2 rings (SSSR count). The Balaban J connectivity index is 2.67. The summed E-state index contributed by atoms with van der Waals surface area (Å²) in [4.78, 5) is 9.14. The number of benzene rings is 1. The van der Waals surface area contributed by atoms with Crippen LogP contribution in [0, 0.1) is 6.92 Å². The van der Waals surface area contributed by atoms with Crippen molar-refractivity contribution in [2.75, 3.05) is 12.4 Å². The molecule has 2 aromatic rings. The summed E-state index contributed by atoms with van der Waals surface area (Å²) in [6.45, 7) is 4.11. The number of nitrogens with zero attached hydrogens (tertiary/aromatic N) is 2. The average molecular weight is 306 g/mol. The first-order valence-electron chi connectivity index (χ1n) is 5.97. The molecule has 1 aromatic heterocycles. The molecule has 0 spiro atoms. The molecule has 0 atom stereocenters. The lowest BCUT2D eigenvalue weighted by Gasteiger charge is -2.12. The zero-order chi connectivity index (χ0) is 13.1. The maximum Gasteiger partial charge on any atom is 0.132 e. The third-order valence-corrected chi connectivity index (χ3v) is 3.57. The fraction of sp³-hybridized carbons (Fsp3) is 0.286. The second-order valence-electron chi connectivity index (χ2n) is 4.05. The average Bonchev–Trinajstić information content (AvgIpc) is 2.40. The van der Waals surface area contributed by atoms with Crippen LogP contribution in [0.25, 0.3) is 11.3 Å². The molecule has 0 saturated heterocycles. The molecule has 0 aliphatic heterocycles. The van der Waals surface area contributed by atoms with Gasteiger partial charge >= 0.3 is 0 Å². The first-order chi connectivity index (χ1) is 8.67. The summed E-state index contributed by atoms with van der Waals surface area (Å²) >= 11 is 3.58. The van der Waals surface area contributed by atoms with Crippen molar-refractivity contribution in [2.24, 2.45) is 0 Å². The minimum Gasteiger partial charge on any atom is -0.373 e.